The smallest absolute Gasteiger partial charge is 0.338 e. The molecule has 0 radical (unpaired) electrons. The summed E-state index contributed by atoms with van der Waals surface area (Å²) >= 11 is 0. The van der Waals surface area contributed by atoms with Crippen LogP contribution in [-0.2, 0) is 25.4 Å². The summed E-state index contributed by atoms with van der Waals surface area (Å²) in [6, 6.07) is 10.0. The number of ether oxygens (including phenoxy) is 4. The highest BCUT2D eigenvalue weighted by atomic mass is 16.7. The zero-order chi connectivity index (χ0) is 31.4. The van der Waals surface area contributed by atoms with Crippen LogP contribution in [-0.4, -0.2) is 96.7 Å². The number of phenolic OH excluding ortho intramolecular Hbond substituents is 6. The molecule has 3 aromatic rings. The average Bonchev–Trinajstić information content (AvgIpc) is 2.97. The van der Waals surface area contributed by atoms with Gasteiger partial charge in [0.25, 0.3) is 0 Å². The molecule has 1 saturated heterocycles. The van der Waals surface area contributed by atoms with Crippen molar-refractivity contribution < 1.29 is 69.4 Å². The highest BCUT2D eigenvalue weighted by Gasteiger charge is 2.48. The van der Waals surface area contributed by atoms with E-state index in [0.717, 1.165) is 29.8 Å². The molecular weight excluding hydrogens is 572 g/mol. The van der Waals surface area contributed by atoms with E-state index in [2.05, 4.69) is 0 Å². The lowest BCUT2D eigenvalue weighted by Gasteiger charge is -2.41. The van der Waals surface area contributed by atoms with Crippen LogP contribution in [0.25, 0.3) is 0 Å². The number of hydrogen-bond donors (Lipinski definition) is 8. The van der Waals surface area contributed by atoms with Crippen molar-refractivity contribution in [3.8, 4) is 34.5 Å². The van der Waals surface area contributed by atoms with Gasteiger partial charge in [-0.3, -0.25) is 0 Å². The normalized spacial score (nSPS) is 21.7. The molecule has 3 aromatic carbocycles. The molecule has 1 heterocycles. The Labute approximate surface area is 244 Å². The number of aliphatic hydroxyl groups excluding tert-OH is 2. The van der Waals surface area contributed by atoms with E-state index in [4.69, 9.17) is 18.9 Å². The Morgan fingerprint density at radius 3 is 1.95 bits per heavy atom. The zero-order valence-corrected chi connectivity index (χ0v) is 22.7. The van der Waals surface area contributed by atoms with Crippen molar-refractivity contribution in [2.75, 3.05) is 13.2 Å². The molecule has 1 fully saturated rings. The fraction of sp³-hybridized carbons (Fsp3) is 0.310. The van der Waals surface area contributed by atoms with Gasteiger partial charge < -0.3 is 59.8 Å². The SMILES string of the molecule is Cc1c(O)cc(C(=O)O[C@H]2[C@H](OCCc3ccc(O)cc3)O[C@H](COC(=O)c3cc(O)c(O)c(O)c3)[C@@H](O)[C@@H]2O)cc1O. The maximum absolute atomic E-state index is 12.9. The van der Waals surface area contributed by atoms with Crippen molar-refractivity contribution in [3.05, 3.63) is 70.8 Å². The zero-order valence-electron chi connectivity index (χ0n) is 22.7. The van der Waals surface area contributed by atoms with E-state index in [1.807, 2.05) is 0 Å². The van der Waals surface area contributed by atoms with Crippen molar-refractivity contribution >= 4 is 11.9 Å². The molecule has 4 rings (SSSR count). The average molecular weight is 603 g/mol. The first-order chi connectivity index (χ1) is 20.3. The van der Waals surface area contributed by atoms with Gasteiger partial charge in [-0.2, -0.15) is 0 Å². The molecular formula is C29H30O14. The predicted molar refractivity (Wildman–Crippen MR) is 144 cm³/mol. The van der Waals surface area contributed by atoms with Crippen LogP contribution < -0.4 is 0 Å². The maximum Gasteiger partial charge on any atom is 0.338 e. The summed E-state index contributed by atoms with van der Waals surface area (Å²) in [5.41, 5.74) is 0.288. The quantitative estimate of drug-likeness (QED) is 0.127. The van der Waals surface area contributed by atoms with Crippen molar-refractivity contribution in [3.63, 3.8) is 0 Å². The van der Waals surface area contributed by atoms with E-state index in [1.54, 1.807) is 12.1 Å². The number of carbonyl (C=O) groups excluding carboxylic acids is 2. The molecule has 1 aliphatic rings. The highest BCUT2D eigenvalue weighted by Crippen LogP contribution is 2.36. The fourth-order valence-corrected chi connectivity index (χ4v) is 4.21. The number of aromatic hydroxyl groups is 6. The molecule has 230 valence electrons. The molecule has 0 amide bonds. The van der Waals surface area contributed by atoms with E-state index < -0.39 is 66.5 Å². The van der Waals surface area contributed by atoms with Crippen LogP contribution in [0.15, 0.2) is 48.5 Å². The van der Waals surface area contributed by atoms with Crippen molar-refractivity contribution in [1.82, 2.24) is 0 Å². The summed E-state index contributed by atoms with van der Waals surface area (Å²) in [6.45, 7) is 0.724. The molecule has 5 atom stereocenters. The van der Waals surface area contributed by atoms with Crippen LogP contribution in [0.4, 0.5) is 0 Å². The van der Waals surface area contributed by atoms with Gasteiger partial charge in [0.05, 0.1) is 17.7 Å². The summed E-state index contributed by atoms with van der Waals surface area (Å²) < 4.78 is 22.0. The van der Waals surface area contributed by atoms with Crippen LogP contribution in [0.3, 0.4) is 0 Å². The summed E-state index contributed by atoms with van der Waals surface area (Å²) in [4.78, 5) is 25.4. The first-order valence-corrected chi connectivity index (χ1v) is 12.9. The molecule has 14 heteroatoms. The molecule has 43 heavy (non-hydrogen) atoms. The Balaban J connectivity index is 1.49. The van der Waals surface area contributed by atoms with E-state index in [0.29, 0.717) is 6.42 Å². The Kier molecular flexibility index (Phi) is 9.46. The second-order valence-electron chi connectivity index (χ2n) is 9.78. The molecule has 0 saturated carbocycles. The minimum absolute atomic E-state index is 0.0447. The number of phenols is 6. The summed E-state index contributed by atoms with van der Waals surface area (Å²) in [5.74, 6) is -5.26. The Morgan fingerprint density at radius 1 is 0.791 bits per heavy atom. The minimum Gasteiger partial charge on any atom is -0.508 e. The van der Waals surface area contributed by atoms with Gasteiger partial charge in [0.15, 0.2) is 29.6 Å². The number of hydrogen-bond acceptors (Lipinski definition) is 14. The fourth-order valence-electron chi connectivity index (χ4n) is 4.21. The van der Waals surface area contributed by atoms with E-state index >= 15 is 0 Å². The predicted octanol–water partition coefficient (Wildman–Crippen LogP) is 1.32. The summed E-state index contributed by atoms with van der Waals surface area (Å²) in [7, 11) is 0. The van der Waals surface area contributed by atoms with E-state index in [-0.39, 0.29) is 40.5 Å². The lowest BCUT2D eigenvalue weighted by atomic mass is 9.99. The number of esters is 2. The monoisotopic (exact) mass is 602 g/mol. The van der Waals surface area contributed by atoms with Gasteiger partial charge in [0.2, 0.25) is 0 Å². The molecule has 1 aliphatic heterocycles. The van der Waals surface area contributed by atoms with E-state index in [9.17, 15) is 50.4 Å². The maximum atomic E-state index is 12.9. The Bertz CT molecular complexity index is 1420. The number of carbonyl (C=O) groups is 2. The topological polar surface area (TPSA) is 233 Å². The Morgan fingerprint density at radius 2 is 1.35 bits per heavy atom. The van der Waals surface area contributed by atoms with Crippen molar-refractivity contribution in [2.45, 2.75) is 44.1 Å². The number of rotatable bonds is 9. The lowest BCUT2D eigenvalue weighted by molar-refractivity contribution is -0.299. The largest absolute Gasteiger partial charge is 0.508 e. The van der Waals surface area contributed by atoms with Crippen LogP contribution in [0.2, 0.25) is 0 Å². The van der Waals surface area contributed by atoms with E-state index in [1.165, 1.54) is 19.1 Å². The van der Waals surface area contributed by atoms with Crippen molar-refractivity contribution in [1.29, 1.82) is 0 Å². The molecule has 14 nitrogen and oxygen atoms in total. The standard InChI is InChI=1S/C29H30O14/c1-13-18(31)8-16(9-19(13)32)28(39)43-26-25(37)24(36)22(12-41-27(38)15-10-20(33)23(35)21(34)11-15)42-29(26)40-7-6-14-2-4-17(30)5-3-14/h2-5,8-11,22,24-26,29-37H,6-7,12H2,1H3/t22-,24-,25+,26-,29-/m1/s1. The third-order valence-corrected chi connectivity index (χ3v) is 6.77. The van der Waals surface area contributed by atoms with Gasteiger partial charge in [-0.05, 0) is 55.3 Å². The molecule has 8 N–H and O–H groups in total. The van der Waals surface area contributed by atoms with Gasteiger partial charge in [0, 0.05) is 5.56 Å². The molecule has 0 aromatic heterocycles. The second kappa shape index (κ2) is 13.0. The van der Waals surface area contributed by atoms with Crippen LogP contribution in [0, 0.1) is 6.92 Å². The van der Waals surface area contributed by atoms with Gasteiger partial charge >= 0.3 is 11.9 Å². The molecule has 0 bridgehead atoms. The molecule has 0 unspecified atom stereocenters. The third kappa shape index (κ3) is 7.18. The number of benzene rings is 3. The van der Waals surface area contributed by atoms with Crippen LogP contribution in [0.1, 0.15) is 31.8 Å². The van der Waals surface area contributed by atoms with Gasteiger partial charge in [-0.1, -0.05) is 12.1 Å². The molecule has 0 aliphatic carbocycles. The lowest BCUT2D eigenvalue weighted by Crippen LogP contribution is -2.60. The first-order valence-electron chi connectivity index (χ1n) is 12.9. The van der Waals surface area contributed by atoms with Crippen LogP contribution >= 0.6 is 0 Å². The number of aliphatic hydroxyl groups is 2. The Hall–Kier alpha value is -4.76. The highest BCUT2D eigenvalue weighted by molar-refractivity contribution is 5.91. The van der Waals surface area contributed by atoms with Gasteiger partial charge in [-0.15, -0.1) is 0 Å². The van der Waals surface area contributed by atoms with Gasteiger partial charge in [0.1, 0.15) is 42.2 Å². The molecule has 0 spiro atoms. The second-order valence-corrected chi connectivity index (χ2v) is 9.78. The van der Waals surface area contributed by atoms with Gasteiger partial charge in [-0.25, -0.2) is 9.59 Å². The first kappa shape index (κ1) is 31.2. The summed E-state index contributed by atoms with van der Waals surface area (Å²) in [6.07, 6.45) is -7.83. The minimum atomic E-state index is -1.82. The third-order valence-electron chi connectivity index (χ3n) is 6.77. The van der Waals surface area contributed by atoms with Crippen molar-refractivity contribution in [2.24, 2.45) is 0 Å². The summed E-state index contributed by atoms with van der Waals surface area (Å²) in [5, 5.41) is 79.9. The van der Waals surface area contributed by atoms with Crippen LogP contribution in [0.5, 0.6) is 34.5 Å².